The van der Waals surface area contributed by atoms with Crippen molar-refractivity contribution in [3.8, 4) is 0 Å². The van der Waals surface area contributed by atoms with Gasteiger partial charge >= 0.3 is 11.9 Å². The molecule has 0 aromatic carbocycles. The van der Waals surface area contributed by atoms with E-state index in [0.717, 1.165) is 6.26 Å². The van der Waals surface area contributed by atoms with Gasteiger partial charge in [-0.25, -0.2) is 4.79 Å². The summed E-state index contributed by atoms with van der Waals surface area (Å²) in [6.07, 6.45) is 0.506. The summed E-state index contributed by atoms with van der Waals surface area (Å²) in [5, 5.41) is 9.40. The lowest BCUT2D eigenvalue weighted by molar-refractivity contribution is -0.155. The van der Waals surface area contributed by atoms with Crippen LogP contribution in [0.3, 0.4) is 0 Å². The van der Waals surface area contributed by atoms with Gasteiger partial charge in [-0.15, -0.1) is 0 Å². The Morgan fingerprint density at radius 1 is 1.36 bits per heavy atom. The van der Waals surface area contributed by atoms with E-state index in [9.17, 15) is 14.4 Å². The summed E-state index contributed by atoms with van der Waals surface area (Å²) < 4.78 is 9.35. The predicted octanol–water partition coefficient (Wildman–Crippen LogP) is -0.674. The second kappa shape index (κ2) is 10.2. The molecule has 1 amide bonds. The Hall–Kier alpha value is -2.58. The van der Waals surface area contributed by atoms with E-state index in [2.05, 4.69) is 16.6 Å². The van der Waals surface area contributed by atoms with Crippen molar-refractivity contribution in [3.63, 3.8) is 0 Å². The number of nitrogens with two attached hydrogens (primary N) is 1. The first kappa shape index (κ1) is 19.4. The van der Waals surface area contributed by atoms with Crippen molar-refractivity contribution in [2.75, 3.05) is 19.7 Å². The number of amides is 1. The third-order valence-corrected chi connectivity index (χ3v) is 2.65. The summed E-state index contributed by atoms with van der Waals surface area (Å²) in [6.45, 7) is 7.35. The number of nitrogens with one attached hydrogen (secondary N) is 2. The highest BCUT2D eigenvalue weighted by molar-refractivity contribution is 5.89. The third kappa shape index (κ3) is 7.27. The Morgan fingerprint density at radius 3 is 2.41 bits per heavy atom. The highest BCUT2D eigenvalue weighted by atomic mass is 16.5. The Morgan fingerprint density at radius 2 is 1.95 bits per heavy atom. The van der Waals surface area contributed by atoms with Crippen LogP contribution in [0.25, 0.3) is 0 Å². The van der Waals surface area contributed by atoms with Crippen LogP contribution in [0, 0.1) is 5.41 Å². The van der Waals surface area contributed by atoms with E-state index in [0.29, 0.717) is 13.1 Å². The molecule has 0 spiro atoms. The SMILES string of the molecule is C=COC(=O)CC(NC(=N)N)C(=O)OCC(=O)N(CC)CC. The van der Waals surface area contributed by atoms with Gasteiger partial charge in [-0.1, -0.05) is 6.58 Å². The lowest BCUT2D eigenvalue weighted by atomic mass is 10.2. The second-order valence-corrected chi connectivity index (χ2v) is 4.14. The van der Waals surface area contributed by atoms with Crippen LogP contribution in [0.15, 0.2) is 12.8 Å². The molecule has 124 valence electrons. The third-order valence-electron chi connectivity index (χ3n) is 2.65. The van der Waals surface area contributed by atoms with E-state index in [1.165, 1.54) is 4.90 Å². The van der Waals surface area contributed by atoms with Gasteiger partial charge in [-0.2, -0.15) is 0 Å². The molecule has 0 fully saturated rings. The van der Waals surface area contributed by atoms with E-state index in [1.807, 2.05) is 0 Å². The highest BCUT2D eigenvalue weighted by Crippen LogP contribution is 2.00. The molecule has 9 heteroatoms. The number of guanidine groups is 1. The molecular formula is C13H22N4O5. The van der Waals surface area contributed by atoms with Gasteiger partial charge in [0.25, 0.3) is 5.91 Å². The molecule has 0 aliphatic heterocycles. The zero-order chi connectivity index (χ0) is 17.1. The first-order chi connectivity index (χ1) is 10.3. The Kier molecular flexibility index (Phi) is 9.00. The fourth-order valence-electron chi connectivity index (χ4n) is 1.59. The van der Waals surface area contributed by atoms with Crippen molar-refractivity contribution >= 4 is 23.8 Å². The van der Waals surface area contributed by atoms with Gasteiger partial charge in [0.15, 0.2) is 12.6 Å². The minimum atomic E-state index is -1.21. The lowest BCUT2D eigenvalue weighted by Gasteiger charge is -2.20. The molecule has 9 nitrogen and oxygen atoms in total. The van der Waals surface area contributed by atoms with Crippen molar-refractivity contribution in [1.82, 2.24) is 10.2 Å². The fourth-order valence-corrected chi connectivity index (χ4v) is 1.59. The maximum absolute atomic E-state index is 11.9. The van der Waals surface area contributed by atoms with Gasteiger partial charge in [0.1, 0.15) is 6.04 Å². The molecule has 0 aliphatic rings. The normalized spacial score (nSPS) is 11.0. The molecule has 0 radical (unpaired) electrons. The van der Waals surface area contributed by atoms with E-state index in [-0.39, 0.29) is 5.91 Å². The summed E-state index contributed by atoms with van der Waals surface area (Å²) in [6, 6.07) is -1.21. The number of ether oxygens (including phenoxy) is 2. The Labute approximate surface area is 128 Å². The zero-order valence-electron chi connectivity index (χ0n) is 12.8. The molecule has 22 heavy (non-hydrogen) atoms. The standard InChI is InChI=1S/C13H22N4O5/c1-4-17(5-2)10(18)8-22-12(20)9(16-13(14)15)7-11(19)21-6-3/h6,9H,3-5,7-8H2,1-2H3,(H4,14,15,16). The number of nitrogens with zero attached hydrogens (tertiary/aromatic N) is 1. The van der Waals surface area contributed by atoms with Crippen molar-refractivity contribution < 1.29 is 23.9 Å². The van der Waals surface area contributed by atoms with Crippen LogP contribution in [0.4, 0.5) is 0 Å². The van der Waals surface area contributed by atoms with E-state index < -0.39 is 37.0 Å². The van der Waals surface area contributed by atoms with Crippen LogP contribution in [0.1, 0.15) is 20.3 Å². The first-order valence-corrected chi connectivity index (χ1v) is 6.70. The minimum Gasteiger partial charge on any atom is -0.454 e. The number of rotatable bonds is 9. The van der Waals surface area contributed by atoms with Crippen LogP contribution in [0.2, 0.25) is 0 Å². The van der Waals surface area contributed by atoms with Crippen LogP contribution >= 0.6 is 0 Å². The van der Waals surface area contributed by atoms with E-state index in [4.69, 9.17) is 15.9 Å². The number of esters is 2. The van der Waals surface area contributed by atoms with Gasteiger partial charge in [-0.3, -0.25) is 15.0 Å². The summed E-state index contributed by atoms with van der Waals surface area (Å²) in [4.78, 5) is 36.5. The molecule has 0 saturated carbocycles. The molecule has 0 saturated heterocycles. The van der Waals surface area contributed by atoms with Gasteiger partial charge < -0.3 is 25.4 Å². The van der Waals surface area contributed by atoms with E-state index >= 15 is 0 Å². The summed E-state index contributed by atoms with van der Waals surface area (Å²) in [5.74, 6) is -2.49. The summed E-state index contributed by atoms with van der Waals surface area (Å²) in [7, 11) is 0. The topological polar surface area (TPSA) is 135 Å². The summed E-state index contributed by atoms with van der Waals surface area (Å²) >= 11 is 0. The van der Waals surface area contributed by atoms with E-state index in [1.54, 1.807) is 13.8 Å². The molecule has 1 atom stereocenters. The van der Waals surface area contributed by atoms with Crippen molar-refractivity contribution in [3.05, 3.63) is 12.8 Å². The minimum absolute atomic E-state index is 0.353. The summed E-state index contributed by atoms with van der Waals surface area (Å²) in [5.41, 5.74) is 5.15. The number of hydrogen-bond acceptors (Lipinski definition) is 6. The van der Waals surface area contributed by atoms with Gasteiger partial charge in [0.2, 0.25) is 0 Å². The van der Waals surface area contributed by atoms with Gasteiger partial charge in [0, 0.05) is 13.1 Å². The Balaban J connectivity index is 4.62. The second-order valence-electron chi connectivity index (χ2n) is 4.14. The molecule has 1 unspecified atom stereocenters. The van der Waals surface area contributed by atoms with Crippen molar-refractivity contribution in [2.24, 2.45) is 5.73 Å². The molecule has 0 rings (SSSR count). The van der Waals surface area contributed by atoms with Crippen LogP contribution in [0.5, 0.6) is 0 Å². The molecule has 0 bridgehead atoms. The highest BCUT2D eigenvalue weighted by Gasteiger charge is 2.25. The van der Waals surface area contributed by atoms with Crippen LogP contribution in [-0.4, -0.2) is 54.4 Å². The number of hydrogen-bond donors (Lipinski definition) is 3. The molecule has 0 aromatic rings. The Bertz CT molecular complexity index is 434. The van der Waals surface area contributed by atoms with Crippen LogP contribution < -0.4 is 11.1 Å². The molecule has 4 N–H and O–H groups in total. The number of carbonyl (C=O) groups is 3. The molecule has 0 heterocycles. The van der Waals surface area contributed by atoms with Crippen LogP contribution in [-0.2, 0) is 23.9 Å². The molecule has 0 aliphatic carbocycles. The largest absolute Gasteiger partial charge is 0.454 e. The van der Waals surface area contributed by atoms with Crippen molar-refractivity contribution in [1.29, 1.82) is 5.41 Å². The van der Waals surface area contributed by atoms with Gasteiger partial charge in [0.05, 0.1) is 12.7 Å². The van der Waals surface area contributed by atoms with Crippen molar-refractivity contribution in [2.45, 2.75) is 26.3 Å². The lowest BCUT2D eigenvalue weighted by Crippen LogP contribution is -2.47. The monoisotopic (exact) mass is 314 g/mol. The first-order valence-electron chi connectivity index (χ1n) is 6.70. The quantitative estimate of drug-likeness (QED) is 0.222. The zero-order valence-corrected chi connectivity index (χ0v) is 12.8. The predicted molar refractivity (Wildman–Crippen MR) is 78.6 cm³/mol. The number of likely N-dealkylation sites (N-methyl/N-ethyl adjacent to an activating group) is 1. The fraction of sp³-hybridized carbons (Fsp3) is 0.538. The smallest absolute Gasteiger partial charge is 0.329 e. The maximum atomic E-state index is 11.9. The molecule has 0 aromatic heterocycles. The average molecular weight is 314 g/mol. The maximum Gasteiger partial charge on any atom is 0.329 e. The number of carbonyl (C=O) groups excluding carboxylic acids is 3. The average Bonchev–Trinajstić information content (AvgIpc) is 2.45. The van der Waals surface area contributed by atoms with Gasteiger partial charge in [-0.05, 0) is 13.8 Å². The molecular weight excluding hydrogens is 292 g/mol.